The molecule has 2 aromatic rings. The number of aliphatic carboxylic acids is 1. The molecule has 1 unspecified atom stereocenters. The number of hydrogen-bond donors (Lipinski definition) is 4. The molecule has 136 valence electrons. The number of nitrogen functional groups attached to an aromatic ring is 1. The average molecular weight is 349 g/mol. The summed E-state index contributed by atoms with van der Waals surface area (Å²) in [4.78, 5) is 26.5. The van der Waals surface area contributed by atoms with Gasteiger partial charge in [-0.05, 0) is 38.5 Å². The number of H-pyrrole nitrogens is 1. The van der Waals surface area contributed by atoms with Gasteiger partial charge in [-0.1, -0.05) is 0 Å². The Morgan fingerprint density at radius 2 is 2.04 bits per heavy atom. The van der Waals surface area contributed by atoms with Crippen molar-refractivity contribution < 1.29 is 24.2 Å². The first kappa shape index (κ1) is 18.4. The Morgan fingerprint density at radius 1 is 1.36 bits per heavy atom. The van der Waals surface area contributed by atoms with Gasteiger partial charge in [0.25, 0.3) is 0 Å². The van der Waals surface area contributed by atoms with Gasteiger partial charge in [-0.25, -0.2) is 9.59 Å². The number of aromatic amines is 1. The van der Waals surface area contributed by atoms with Crippen LogP contribution < -0.4 is 15.8 Å². The topological polar surface area (TPSA) is 127 Å². The molecule has 25 heavy (non-hydrogen) atoms. The standard InChI is InChI=1S/C17H23N3O5/c1-17(2,3)25-16(23)20-11(15(21)22)7-9-8-19-14-12(24-4)6-5-10(18)13(9)14/h5-6,8,11,19H,7,18H2,1-4H3,(H,20,23)(H,21,22). The fourth-order valence-corrected chi connectivity index (χ4v) is 2.52. The molecule has 1 amide bonds. The lowest BCUT2D eigenvalue weighted by Gasteiger charge is -2.22. The summed E-state index contributed by atoms with van der Waals surface area (Å²) in [5.74, 6) is -0.566. The number of methoxy groups -OCH3 is 1. The summed E-state index contributed by atoms with van der Waals surface area (Å²) < 4.78 is 10.4. The van der Waals surface area contributed by atoms with E-state index in [9.17, 15) is 14.7 Å². The van der Waals surface area contributed by atoms with Gasteiger partial charge in [0, 0.05) is 23.7 Å². The maximum atomic E-state index is 11.9. The summed E-state index contributed by atoms with van der Waals surface area (Å²) in [6.45, 7) is 5.11. The van der Waals surface area contributed by atoms with E-state index in [4.69, 9.17) is 15.2 Å². The molecule has 0 saturated carbocycles. The molecule has 1 heterocycles. The zero-order valence-electron chi connectivity index (χ0n) is 14.7. The first-order chi connectivity index (χ1) is 11.6. The van der Waals surface area contributed by atoms with Crippen LogP contribution in [0.1, 0.15) is 26.3 Å². The first-order valence-electron chi connectivity index (χ1n) is 7.77. The number of carboxylic acids is 1. The summed E-state index contributed by atoms with van der Waals surface area (Å²) in [5.41, 5.74) is 7.15. The number of carbonyl (C=O) groups excluding carboxylic acids is 1. The van der Waals surface area contributed by atoms with E-state index in [2.05, 4.69) is 10.3 Å². The van der Waals surface area contributed by atoms with Crippen molar-refractivity contribution in [2.45, 2.75) is 38.8 Å². The van der Waals surface area contributed by atoms with Gasteiger partial charge in [-0.15, -0.1) is 0 Å². The van der Waals surface area contributed by atoms with Gasteiger partial charge in [0.1, 0.15) is 17.4 Å². The van der Waals surface area contributed by atoms with Gasteiger partial charge >= 0.3 is 12.1 Å². The Bertz CT molecular complexity index is 791. The number of nitrogens with one attached hydrogen (secondary N) is 2. The zero-order chi connectivity index (χ0) is 18.8. The van der Waals surface area contributed by atoms with Crippen LogP contribution in [0, 0.1) is 0 Å². The molecule has 1 atom stereocenters. The molecular weight excluding hydrogens is 326 g/mol. The summed E-state index contributed by atoms with van der Waals surface area (Å²) >= 11 is 0. The van der Waals surface area contributed by atoms with E-state index in [0.29, 0.717) is 27.9 Å². The largest absolute Gasteiger partial charge is 0.495 e. The molecule has 5 N–H and O–H groups in total. The summed E-state index contributed by atoms with van der Waals surface area (Å²) in [6.07, 6.45) is 0.924. The van der Waals surface area contributed by atoms with Crippen molar-refractivity contribution >= 4 is 28.7 Å². The molecule has 0 saturated heterocycles. The Labute approximate surface area is 145 Å². The summed E-state index contributed by atoms with van der Waals surface area (Å²) in [6, 6.07) is 2.26. The highest BCUT2D eigenvalue weighted by Gasteiger charge is 2.25. The van der Waals surface area contributed by atoms with Gasteiger partial charge in [0.2, 0.25) is 0 Å². The van der Waals surface area contributed by atoms with Gasteiger partial charge in [0.05, 0.1) is 12.6 Å². The molecule has 0 aliphatic heterocycles. The first-order valence-corrected chi connectivity index (χ1v) is 7.77. The number of carboxylic acid groups (broad SMARTS) is 1. The number of alkyl carbamates (subject to hydrolysis) is 1. The van der Waals surface area contributed by atoms with Gasteiger partial charge < -0.3 is 30.6 Å². The normalized spacial score (nSPS) is 12.6. The van der Waals surface area contributed by atoms with E-state index < -0.39 is 23.7 Å². The summed E-state index contributed by atoms with van der Waals surface area (Å²) in [5, 5.41) is 12.5. The third-order valence-electron chi connectivity index (χ3n) is 3.54. The number of rotatable bonds is 5. The fraction of sp³-hybridized carbons (Fsp3) is 0.412. The lowest BCUT2D eigenvalue weighted by molar-refractivity contribution is -0.139. The molecule has 0 aliphatic rings. The lowest BCUT2D eigenvalue weighted by Crippen LogP contribution is -2.44. The molecule has 1 aromatic heterocycles. The minimum Gasteiger partial charge on any atom is -0.495 e. The molecule has 8 nitrogen and oxygen atoms in total. The van der Waals surface area contributed by atoms with Crippen LogP contribution in [-0.4, -0.2) is 40.9 Å². The number of ether oxygens (including phenoxy) is 2. The predicted molar refractivity (Wildman–Crippen MR) is 93.8 cm³/mol. The Morgan fingerprint density at radius 3 is 2.60 bits per heavy atom. The monoisotopic (exact) mass is 349 g/mol. The van der Waals surface area contributed by atoms with Crippen LogP contribution in [0.3, 0.4) is 0 Å². The highest BCUT2D eigenvalue weighted by Crippen LogP contribution is 2.32. The third-order valence-corrected chi connectivity index (χ3v) is 3.54. The highest BCUT2D eigenvalue weighted by molar-refractivity contribution is 5.98. The third kappa shape index (κ3) is 4.34. The van der Waals surface area contributed by atoms with Crippen molar-refractivity contribution in [2.75, 3.05) is 12.8 Å². The Kier molecular flexibility index (Phi) is 5.10. The maximum absolute atomic E-state index is 11.9. The number of amides is 1. The van der Waals surface area contributed by atoms with E-state index in [1.807, 2.05) is 0 Å². The van der Waals surface area contributed by atoms with Crippen molar-refractivity contribution in [3.05, 3.63) is 23.9 Å². The van der Waals surface area contributed by atoms with Crippen LogP contribution >= 0.6 is 0 Å². The van der Waals surface area contributed by atoms with Gasteiger partial charge in [-0.2, -0.15) is 0 Å². The van der Waals surface area contributed by atoms with Crippen LogP contribution in [0.2, 0.25) is 0 Å². The molecule has 8 heteroatoms. The van der Waals surface area contributed by atoms with Crippen molar-refractivity contribution in [1.29, 1.82) is 0 Å². The number of nitrogens with two attached hydrogens (primary N) is 1. The van der Waals surface area contributed by atoms with E-state index in [0.717, 1.165) is 0 Å². The zero-order valence-corrected chi connectivity index (χ0v) is 14.7. The van der Waals surface area contributed by atoms with Crippen molar-refractivity contribution in [1.82, 2.24) is 10.3 Å². The number of anilines is 1. The van der Waals surface area contributed by atoms with Crippen LogP contribution in [0.5, 0.6) is 5.75 Å². The van der Waals surface area contributed by atoms with E-state index in [-0.39, 0.29) is 6.42 Å². The minimum absolute atomic E-state index is 0.0476. The van der Waals surface area contributed by atoms with E-state index in [1.165, 1.54) is 7.11 Å². The fourth-order valence-electron chi connectivity index (χ4n) is 2.52. The quantitative estimate of drug-likeness (QED) is 0.613. The lowest BCUT2D eigenvalue weighted by atomic mass is 10.0. The van der Waals surface area contributed by atoms with E-state index in [1.54, 1.807) is 39.1 Å². The van der Waals surface area contributed by atoms with Gasteiger partial charge in [-0.3, -0.25) is 0 Å². The molecule has 0 aliphatic carbocycles. The maximum Gasteiger partial charge on any atom is 0.408 e. The van der Waals surface area contributed by atoms with Crippen molar-refractivity contribution in [3.8, 4) is 5.75 Å². The number of hydrogen-bond acceptors (Lipinski definition) is 5. The molecule has 0 fully saturated rings. The molecular formula is C17H23N3O5. The van der Waals surface area contributed by atoms with Gasteiger partial charge in [0.15, 0.2) is 0 Å². The second-order valence-electron chi connectivity index (χ2n) is 6.66. The SMILES string of the molecule is COc1ccc(N)c2c(CC(NC(=O)OC(C)(C)C)C(=O)O)c[nH]c12. The number of aromatic nitrogens is 1. The minimum atomic E-state index is -1.17. The van der Waals surface area contributed by atoms with E-state index >= 15 is 0 Å². The molecule has 0 radical (unpaired) electrons. The highest BCUT2D eigenvalue weighted by atomic mass is 16.6. The number of benzene rings is 1. The number of fused-ring (bicyclic) bond motifs is 1. The molecule has 2 rings (SSSR count). The second kappa shape index (κ2) is 6.92. The number of carbonyl (C=O) groups is 2. The molecule has 1 aromatic carbocycles. The van der Waals surface area contributed by atoms with Crippen LogP contribution in [-0.2, 0) is 16.0 Å². The second-order valence-corrected chi connectivity index (χ2v) is 6.66. The van der Waals surface area contributed by atoms with Crippen LogP contribution in [0.4, 0.5) is 10.5 Å². The summed E-state index contributed by atoms with van der Waals surface area (Å²) in [7, 11) is 1.54. The van der Waals surface area contributed by atoms with Crippen molar-refractivity contribution in [3.63, 3.8) is 0 Å². The average Bonchev–Trinajstić information content (AvgIpc) is 2.90. The Balaban J connectivity index is 2.27. The Hall–Kier alpha value is -2.90. The molecule has 0 bridgehead atoms. The smallest absolute Gasteiger partial charge is 0.408 e. The predicted octanol–water partition coefficient (Wildman–Crippen LogP) is 2.28. The van der Waals surface area contributed by atoms with Crippen molar-refractivity contribution in [2.24, 2.45) is 0 Å². The van der Waals surface area contributed by atoms with Crippen LogP contribution in [0.25, 0.3) is 10.9 Å². The van der Waals surface area contributed by atoms with Crippen LogP contribution in [0.15, 0.2) is 18.3 Å². The molecule has 0 spiro atoms.